The molecule has 0 aliphatic carbocycles. The standard InChI is InChI=1S/C21H22N4O2S/c1-13-4-2-3-5-16(13)12-24-11-14-6-8-15(9-7-14)18-10-17(19(22)26)20(28-18)25-21(23)27/h2-10,24H,11-12H2,1H3,(H2,22,26)(H3,23,25,27). The van der Waals surface area contributed by atoms with E-state index >= 15 is 0 Å². The fourth-order valence-corrected chi connectivity index (χ4v) is 3.93. The Morgan fingerprint density at radius 2 is 1.71 bits per heavy atom. The fourth-order valence-electron chi connectivity index (χ4n) is 2.86. The van der Waals surface area contributed by atoms with Gasteiger partial charge in [-0.05, 0) is 35.2 Å². The van der Waals surface area contributed by atoms with E-state index in [1.165, 1.54) is 22.5 Å². The fraction of sp³-hybridized carbons (Fsp3) is 0.143. The molecule has 0 bridgehead atoms. The average molecular weight is 395 g/mol. The van der Waals surface area contributed by atoms with Crippen LogP contribution < -0.4 is 22.1 Å². The van der Waals surface area contributed by atoms with E-state index in [9.17, 15) is 9.59 Å². The molecule has 0 saturated carbocycles. The van der Waals surface area contributed by atoms with Gasteiger partial charge < -0.3 is 16.8 Å². The summed E-state index contributed by atoms with van der Waals surface area (Å²) < 4.78 is 0. The Hall–Kier alpha value is -3.16. The number of anilines is 1. The second kappa shape index (κ2) is 8.69. The van der Waals surface area contributed by atoms with Gasteiger partial charge in [0.15, 0.2) is 0 Å². The van der Waals surface area contributed by atoms with E-state index in [0.717, 1.165) is 29.1 Å². The molecule has 2 aromatic carbocycles. The van der Waals surface area contributed by atoms with Gasteiger partial charge in [-0.15, -0.1) is 11.3 Å². The van der Waals surface area contributed by atoms with Crippen molar-refractivity contribution in [3.05, 3.63) is 76.9 Å². The number of carbonyl (C=O) groups is 2. The summed E-state index contributed by atoms with van der Waals surface area (Å²) in [7, 11) is 0. The van der Waals surface area contributed by atoms with Gasteiger partial charge in [0.05, 0.1) is 5.56 Å². The van der Waals surface area contributed by atoms with E-state index in [1.807, 2.05) is 36.4 Å². The van der Waals surface area contributed by atoms with Gasteiger partial charge in [0.25, 0.3) is 5.91 Å². The third-order valence-corrected chi connectivity index (χ3v) is 5.48. The maximum Gasteiger partial charge on any atom is 0.317 e. The molecule has 28 heavy (non-hydrogen) atoms. The lowest BCUT2D eigenvalue weighted by molar-refractivity contribution is 0.100. The van der Waals surface area contributed by atoms with Gasteiger partial charge in [-0.3, -0.25) is 10.1 Å². The summed E-state index contributed by atoms with van der Waals surface area (Å²) >= 11 is 1.26. The Kier molecular flexibility index (Phi) is 6.08. The van der Waals surface area contributed by atoms with Crippen molar-refractivity contribution >= 4 is 28.3 Å². The predicted octanol–water partition coefficient (Wildman–Crippen LogP) is 3.60. The minimum Gasteiger partial charge on any atom is -0.366 e. The number of urea groups is 1. The molecule has 0 spiro atoms. The van der Waals surface area contributed by atoms with Crippen molar-refractivity contribution in [2.75, 3.05) is 5.32 Å². The van der Waals surface area contributed by atoms with Gasteiger partial charge >= 0.3 is 6.03 Å². The van der Waals surface area contributed by atoms with Crippen molar-refractivity contribution in [3.63, 3.8) is 0 Å². The van der Waals surface area contributed by atoms with Crippen LogP contribution in [0.4, 0.5) is 9.80 Å². The Labute approximate surface area is 167 Å². The van der Waals surface area contributed by atoms with Crippen LogP contribution in [0.5, 0.6) is 0 Å². The summed E-state index contributed by atoms with van der Waals surface area (Å²) in [5.74, 6) is -0.608. The van der Waals surface area contributed by atoms with Crippen molar-refractivity contribution in [2.45, 2.75) is 20.0 Å². The number of hydrogen-bond donors (Lipinski definition) is 4. The Bertz CT molecular complexity index is 996. The van der Waals surface area contributed by atoms with E-state index in [2.05, 4.69) is 29.7 Å². The summed E-state index contributed by atoms with van der Waals surface area (Å²) in [4.78, 5) is 23.5. The highest BCUT2D eigenvalue weighted by atomic mass is 32.1. The number of amides is 3. The number of nitrogens with one attached hydrogen (secondary N) is 2. The number of thiophene rings is 1. The van der Waals surface area contributed by atoms with Gasteiger partial charge in [0, 0.05) is 18.0 Å². The van der Waals surface area contributed by atoms with Gasteiger partial charge in [-0.25, -0.2) is 4.79 Å². The smallest absolute Gasteiger partial charge is 0.317 e. The van der Waals surface area contributed by atoms with Crippen molar-refractivity contribution in [1.82, 2.24) is 5.32 Å². The molecule has 0 aliphatic rings. The lowest BCUT2D eigenvalue weighted by Gasteiger charge is -2.08. The third-order valence-electron chi connectivity index (χ3n) is 4.38. The lowest BCUT2D eigenvalue weighted by atomic mass is 10.1. The Morgan fingerprint density at radius 3 is 2.36 bits per heavy atom. The zero-order valence-electron chi connectivity index (χ0n) is 15.5. The third kappa shape index (κ3) is 4.76. The molecule has 3 aromatic rings. The molecular formula is C21H22N4O2S. The van der Waals surface area contributed by atoms with Crippen LogP contribution in [0.25, 0.3) is 10.4 Å². The molecule has 0 saturated heterocycles. The molecular weight excluding hydrogens is 372 g/mol. The van der Waals surface area contributed by atoms with E-state index in [0.29, 0.717) is 5.00 Å². The quantitative estimate of drug-likeness (QED) is 0.491. The zero-order valence-corrected chi connectivity index (χ0v) is 16.3. The number of rotatable bonds is 7. The molecule has 1 aromatic heterocycles. The number of carbonyl (C=O) groups excluding carboxylic acids is 2. The summed E-state index contributed by atoms with van der Waals surface area (Å²) in [6, 6.07) is 17.3. The average Bonchev–Trinajstić information content (AvgIpc) is 3.07. The number of primary amides is 2. The van der Waals surface area contributed by atoms with Gasteiger partial charge in [-0.2, -0.15) is 0 Å². The van der Waals surface area contributed by atoms with Crippen LogP contribution in [0, 0.1) is 6.92 Å². The first-order valence-corrected chi connectivity index (χ1v) is 9.60. The number of aryl methyl sites for hydroxylation is 1. The molecule has 0 aliphatic heterocycles. The maximum atomic E-state index is 11.6. The molecule has 0 atom stereocenters. The minimum absolute atomic E-state index is 0.253. The summed E-state index contributed by atoms with van der Waals surface area (Å²) in [5.41, 5.74) is 15.4. The molecule has 6 nitrogen and oxygen atoms in total. The van der Waals surface area contributed by atoms with Crippen LogP contribution >= 0.6 is 11.3 Å². The van der Waals surface area contributed by atoms with Crippen LogP contribution in [0.2, 0.25) is 0 Å². The lowest BCUT2D eigenvalue weighted by Crippen LogP contribution is -2.21. The molecule has 0 radical (unpaired) electrons. The van der Waals surface area contributed by atoms with Crippen molar-refractivity contribution in [2.24, 2.45) is 11.5 Å². The molecule has 0 fully saturated rings. The number of nitrogens with two attached hydrogens (primary N) is 2. The van der Waals surface area contributed by atoms with Gasteiger partial charge in [-0.1, -0.05) is 48.5 Å². The van der Waals surface area contributed by atoms with E-state index in [-0.39, 0.29) is 5.56 Å². The monoisotopic (exact) mass is 394 g/mol. The first-order chi connectivity index (χ1) is 13.4. The molecule has 3 rings (SSSR count). The second-order valence-electron chi connectivity index (χ2n) is 6.43. The van der Waals surface area contributed by atoms with Crippen molar-refractivity contribution < 1.29 is 9.59 Å². The normalized spacial score (nSPS) is 10.6. The van der Waals surface area contributed by atoms with Crippen LogP contribution in [0.15, 0.2) is 54.6 Å². The SMILES string of the molecule is Cc1ccccc1CNCc1ccc(-c2cc(C(N)=O)c(NC(N)=O)s2)cc1. The largest absolute Gasteiger partial charge is 0.366 e. The molecule has 3 amide bonds. The summed E-state index contributed by atoms with van der Waals surface area (Å²) in [5, 5.41) is 6.26. The highest BCUT2D eigenvalue weighted by Gasteiger charge is 2.16. The molecule has 6 N–H and O–H groups in total. The van der Waals surface area contributed by atoms with Gasteiger partial charge in [0.1, 0.15) is 5.00 Å². The second-order valence-corrected chi connectivity index (χ2v) is 7.49. The first kappa shape index (κ1) is 19.6. The maximum absolute atomic E-state index is 11.6. The molecule has 144 valence electrons. The highest BCUT2D eigenvalue weighted by Crippen LogP contribution is 2.35. The predicted molar refractivity (Wildman–Crippen MR) is 113 cm³/mol. The van der Waals surface area contributed by atoms with E-state index in [4.69, 9.17) is 11.5 Å². The molecule has 0 unspecified atom stereocenters. The first-order valence-electron chi connectivity index (χ1n) is 8.78. The van der Waals surface area contributed by atoms with Crippen molar-refractivity contribution in [3.8, 4) is 10.4 Å². The number of benzene rings is 2. The molecule has 7 heteroatoms. The minimum atomic E-state index is -0.731. The summed E-state index contributed by atoms with van der Waals surface area (Å²) in [6.07, 6.45) is 0. The highest BCUT2D eigenvalue weighted by molar-refractivity contribution is 7.20. The van der Waals surface area contributed by atoms with Crippen molar-refractivity contribution in [1.29, 1.82) is 0 Å². The van der Waals surface area contributed by atoms with Crippen LogP contribution in [0.3, 0.4) is 0 Å². The van der Waals surface area contributed by atoms with E-state index in [1.54, 1.807) is 6.07 Å². The van der Waals surface area contributed by atoms with E-state index < -0.39 is 11.9 Å². The van der Waals surface area contributed by atoms with Crippen LogP contribution in [-0.4, -0.2) is 11.9 Å². The van der Waals surface area contributed by atoms with Gasteiger partial charge in [0.2, 0.25) is 0 Å². The molecule has 1 heterocycles. The van der Waals surface area contributed by atoms with Crippen LogP contribution in [0.1, 0.15) is 27.0 Å². The number of hydrogen-bond acceptors (Lipinski definition) is 4. The zero-order chi connectivity index (χ0) is 20.1. The Morgan fingerprint density at radius 1 is 1.00 bits per heavy atom. The Balaban J connectivity index is 1.68. The topological polar surface area (TPSA) is 110 Å². The van der Waals surface area contributed by atoms with Crippen LogP contribution in [-0.2, 0) is 13.1 Å². The summed E-state index contributed by atoms with van der Waals surface area (Å²) in [6.45, 7) is 3.66.